The van der Waals surface area contributed by atoms with E-state index in [1.807, 2.05) is 24.3 Å². The highest BCUT2D eigenvalue weighted by atomic mass is 16.5. The van der Waals surface area contributed by atoms with E-state index < -0.39 is 0 Å². The Labute approximate surface area is 155 Å². The predicted octanol–water partition coefficient (Wildman–Crippen LogP) is 4.60. The first kappa shape index (κ1) is 18.2. The summed E-state index contributed by atoms with van der Waals surface area (Å²) in [6.45, 7) is 2.62. The number of rotatable bonds is 6. The number of amides is 1. The second kappa shape index (κ2) is 9.18. The van der Waals surface area contributed by atoms with Gasteiger partial charge in [0, 0.05) is 5.92 Å². The summed E-state index contributed by atoms with van der Waals surface area (Å²) < 4.78 is 5.79. The average Bonchev–Trinajstić information content (AvgIpc) is 2.69. The zero-order valence-corrected chi connectivity index (χ0v) is 15.3. The molecule has 0 aromatic heterocycles. The summed E-state index contributed by atoms with van der Waals surface area (Å²) in [6, 6.07) is 16.0. The van der Waals surface area contributed by atoms with Gasteiger partial charge in [-0.05, 0) is 55.2 Å². The van der Waals surface area contributed by atoms with Crippen LogP contribution in [-0.4, -0.2) is 12.1 Å². The van der Waals surface area contributed by atoms with Crippen molar-refractivity contribution in [2.24, 2.45) is 11.0 Å². The molecule has 0 unspecified atom stereocenters. The summed E-state index contributed by atoms with van der Waals surface area (Å²) in [4.78, 5) is 12.0. The molecule has 0 radical (unpaired) electrons. The van der Waals surface area contributed by atoms with Gasteiger partial charge >= 0.3 is 0 Å². The van der Waals surface area contributed by atoms with Crippen LogP contribution in [0.2, 0.25) is 0 Å². The van der Waals surface area contributed by atoms with Gasteiger partial charge in [-0.15, -0.1) is 0 Å². The summed E-state index contributed by atoms with van der Waals surface area (Å²) >= 11 is 0. The molecule has 0 aliphatic heterocycles. The predicted molar refractivity (Wildman–Crippen MR) is 104 cm³/mol. The number of benzene rings is 2. The number of nitrogens with zero attached hydrogens (tertiary/aromatic N) is 1. The number of nitrogens with one attached hydrogen (secondary N) is 1. The second-order valence-corrected chi connectivity index (χ2v) is 6.91. The lowest BCUT2D eigenvalue weighted by Gasteiger charge is -2.19. The number of carbonyl (C=O) groups excluding carboxylic acids is 1. The molecule has 1 aliphatic carbocycles. The average molecular weight is 350 g/mol. The third-order valence-electron chi connectivity index (χ3n) is 4.77. The molecule has 1 saturated carbocycles. The molecule has 4 nitrogen and oxygen atoms in total. The minimum atomic E-state index is 0.0407. The fourth-order valence-electron chi connectivity index (χ4n) is 3.13. The van der Waals surface area contributed by atoms with Gasteiger partial charge in [-0.1, -0.05) is 49.1 Å². The standard InChI is InChI=1S/C22H26N2O2/c1-17-7-9-19(10-8-17)16-26-21-13-11-18(12-14-21)15-23-24-22(25)20-5-3-2-4-6-20/h7-15,20H,2-6,16H2,1H3,(H,24,25). The molecule has 3 rings (SSSR count). The van der Waals surface area contributed by atoms with Gasteiger partial charge in [0.05, 0.1) is 6.21 Å². The smallest absolute Gasteiger partial charge is 0.243 e. The van der Waals surface area contributed by atoms with Crippen LogP contribution >= 0.6 is 0 Å². The van der Waals surface area contributed by atoms with Crippen LogP contribution in [0.5, 0.6) is 5.75 Å². The SMILES string of the molecule is Cc1ccc(COc2ccc(C=NNC(=O)C3CCCCC3)cc2)cc1. The number of aryl methyl sites for hydroxylation is 1. The quantitative estimate of drug-likeness (QED) is 0.611. The van der Waals surface area contributed by atoms with E-state index in [0.717, 1.165) is 42.6 Å². The molecule has 0 atom stereocenters. The molecule has 136 valence electrons. The molecule has 2 aromatic rings. The van der Waals surface area contributed by atoms with Crippen molar-refractivity contribution >= 4 is 12.1 Å². The minimum Gasteiger partial charge on any atom is -0.489 e. The Hall–Kier alpha value is -2.62. The number of hydrazone groups is 1. The molecular weight excluding hydrogens is 324 g/mol. The molecule has 0 bridgehead atoms. The maximum Gasteiger partial charge on any atom is 0.243 e. The summed E-state index contributed by atoms with van der Waals surface area (Å²) in [5.41, 5.74) is 5.98. The van der Waals surface area contributed by atoms with E-state index in [4.69, 9.17) is 4.74 Å². The zero-order chi connectivity index (χ0) is 18.2. The Kier molecular flexibility index (Phi) is 6.42. The van der Waals surface area contributed by atoms with Crippen LogP contribution in [0, 0.1) is 12.8 Å². The van der Waals surface area contributed by atoms with E-state index in [1.165, 1.54) is 12.0 Å². The Morgan fingerprint density at radius 1 is 1.08 bits per heavy atom. The highest BCUT2D eigenvalue weighted by molar-refractivity contribution is 5.83. The Balaban J connectivity index is 1.46. The van der Waals surface area contributed by atoms with Gasteiger partial charge in [-0.2, -0.15) is 5.10 Å². The molecular formula is C22H26N2O2. The summed E-state index contributed by atoms with van der Waals surface area (Å²) in [7, 11) is 0. The highest BCUT2D eigenvalue weighted by Crippen LogP contribution is 2.23. The van der Waals surface area contributed by atoms with Gasteiger partial charge < -0.3 is 4.74 Å². The first-order valence-electron chi connectivity index (χ1n) is 9.32. The third kappa shape index (κ3) is 5.45. The molecule has 1 fully saturated rings. The first-order chi connectivity index (χ1) is 12.7. The summed E-state index contributed by atoms with van der Waals surface area (Å²) in [5, 5.41) is 4.08. The van der Waals surface area contributed by atoms with E-state index in [-0.39, 0.29) is 11.8 Å². The summed E-state index contributed by atoms with van der Waals surface area (Å²) in [5.74, 6) is 0.978. The van der Waals surface area contributed by atoms with Crippen molar-refractivity contribution in [1.82, 2.24) is 5.43 Å². The van der Waals surface area contributed by atoms with Crippen LogP contribution < -0.4 is 10.2 Å². The van der Waals surface area contributed by atoms with Crippen molar-refractivity contribution in [2.45, 2.75) is 45.6 Å². The van der Waals surface area contributed by atoms with Gasteiger partial charge in [0.15, 0.2) is 0 Å². The van der Waals surface area contributed by atoms with Crippen LogP contribution in [0.25, 0.3) is 0 Å². The van der Waals surface area contributed by atoms with E-state index in [0.29, 0.717) is 6.61 Å². The number of hydrogen-bond donors (Lipinski definition) is 1. The lowest BCUT2D eigenvalue weighted by Crippen LogP contribution is -2.28. The van der Waals surface area contributed by atoms with Crippen molar-refractivity contribution in [3.8, 4) is 5.75 Å². The normalized spacial score (nSPS) is 15.1. The molecule has 26 heavy (non-hydrogen) atoms. The first-order valence-corrected chi connectivity index (χ1v) is 9.32. The van der Waals surface area contributed by atoms with Crippen LogP contribution in [0.15, 0.2) is 53.6 Å². The maximum atomic E-state index is 12.0. The highest BCUT2D eigenvalue weighted by Gasteiger charge is 2.20. The van der Waals surface area contributed by atoms with Gasteiger partial charge in [0.25, 0.3) is 0 Å². The van der Waals surface area contributed by atoms with E-state index >= 15 is 0 Å². The van der Waals surface area contributed by atoms with E-state index in [1.54, 1.807) is 6.21 Å². The molecule has 1 amide bonds. The van der Waals surface area contributed by atoms with Crippen LogP contribution in [0.1, 0.15) is 48.8 Å². The van der Waals surface area contributed by atoms with E-state index in [9.17, 15) is 4.79 Å². The fourth-order valence-corrected chi connectivity index (χ4v) is 3.13. The largest absolute Gasteiger partial charge is 0.489 e. The van der Waals surface area contributed by atoms with Gasteiger partial charge in [-0.25, -0.2) is 5.43 Å². The fraction of sp³-hybridized carbons (Fsp3) is 0.364. The lowest BCUT2D eigenvalue weighted by molar-refractivity contribution is -0.125. The Morgan fingerprint density at radius 3 is 2.46 bits per heavy atom. The van der Waals surface area contributed by atoms with Gasteiger partial charge in [0.2, 0.25) is 5.91 Å². The summed E-state index contributed by atoms with van der Waals surface area (Å²) in [6.07, 6.45) is 7.16. The Morgan fingerprint density at radius 2 is 1.77 bits per heavy atom. The molecule has 2 aromatic carbocycles. The number of hydrogen-bond acceptors (Lipinski definition) is 3. The van der Waals surface area contributed by atoms with Crippen molar-refractivity contribution < 1.29 is 9.53 Å². The second-order valence-electron chi connectivity index (χ2n) is 6.91. The van der Waals surface area contributed by atoms with Crippen molar-refractivity contribution in [3.05, 3.63) is 65.2 Å². The maximum absolute atomic E-state index is 12.0. The van der Waals surface area contributed by atoms with Crippen molar-refractivity contribution in [1.29, 1.82) is 0 Å². The zero-order valence-electron chi connectivity index (χ0n) is 15.3. The number of ether oxygens (including phenoxy) is 1. The molecule has 0 spiro atoms. The third-order valence-corrected chi connectivity index (χ3v) is 4.77. The molecule has 0 heterocycles. The van der Waals surface area contributed by atoms with E-state index in [2.05, 4.69) is 41.7 Å². The van der Waals surface area contributed by atoms with Crippen molar-refractivity contribution in [2.75, 3.05) is 0 Å². The van der Waals surface area contributed by atoms with Crippen molar-refractivity contribution in [3.63, 3.8) is 0 Å². The molecule has 4 heteroatoms. The van der Waals surface area contributed by atoms with Gasteiger partial charge in [0.1, 0.15) is 12.4 Å². The van der Waals surface area contributed by atoms with Crippen LogP contribution in [-0.2, 0) is 11.4 Å². The molecule has 1 N–H and O–H groups in total. The van der Waals surface area contributed by atoms with Gasteiger partial charge in [-0.3, -0.25) is 4.79 Å². The molecule has 1 aliphatic rings. The molecule has 0 saturated heterocycles. The monoisotopic (exact) mass is 350 g/mol. The Bertz CT molecular complexity index is 730. The number of carbonyl (C=O) groups is 1. The van der Waals surface area contributed by atoms with Crippen LogP contribution in [0.3, 0.4) is 0 Å². The lowest BCUT2D eigenvalue weighted by atomic mass is 9.89. The topological polar surface area (TPSA) is 50.7 Å². The minimum absolute atomic E-state index is 0.0407. The van der Waals surface area contributed by atoms with Crippen LogP contribution in [0.4, 0.5) is 0 Å².